The van der Waals surface area contributed by atoms with E-state index >= 15 is 0 Å². The molecule has 0 bridgehead atoms. The fourth-order valence-electron chi connectivity index (χ4n) is 2.06. The minimum absolute atomic E-state index is 0. The maximum atomic E-state index is 2.35. The topological polar surface area (TPSA) is 0 Å². The van der Waals surface area contributed by atoms with Gasteiger partial charge in [0.15, 0.2) is 0 Å². The van der Waals surface area contributed by atoms with Crippen molar-refractivity contribution in [1.29, 1.82) is 0 Å². The Hall–Kier alpha value is 0.228. The normalized spacial score (nSPS) is 17.5. The van der Waals surface area contributed by atoms with E-state index in [-0.39, 0.29) is 43.4 Å². The van der Waals surface area contributed by atoms with E-state index in [1.807, 2.05) is 7.93 Å². The molecule has 0 amide bonds. The van der Waals surface area contributed by atoms with E-state index < -0.39 is 0 Å². The smallest absolute Gasteiger partial charge is 0.147 e. The van der Waals surface area contributed by atoms with Crippen LogP contribution in [0.25, 0.3) is 0 Å². The van der Waals surface area contributed by atoms with Crippen LogP contribution < -0.4 is 0 Å². The van der Waals surface area contributed by atoms with Crippen molar-refractivity contribution in [3.05, 3.63) is 43.4 Å². The van der Waals surface area contributed by atoms with Crippen molar-refractivity contribution < 1.29 is 18.6 Å². The SMILES string of the molecule is CCC1=[C]([W][C]2=C(CC)C=CC2)CC=C1.Cl.Cl. The second kappa shape index (κ2) is 8.35. The molecule has 2 aliphatic rings. The maximum absolute atomic E-state index is 2.35. The zero-order chi connectivity index (χ0) is 10.7. The fourth-order valence-corrected chi connectivity index (χ4v) is 6.88. The first-order valence-corrected chi connectivity index (χ1v) is 8.73. The molecule has 0 atom stereocenters. The standard InChI is InChI=1S/2C7H9.2ClH.W/c2*1-2-7-5-3-4-6-7;;;/h2*3,5H,2,4H2,1H3;2*1H;. The van der Waals surface area contributed by atoms with Crippen molar-refractivity contribution in [3.63, 3.8) is 0 Å². The first-order chi connectivity index (χ1) is 7.35. The summed E-state index contributed by atoms with van der Waals surface area (Å²) < 4.78 is 3.64. The number of hydrogen-bond acceptors (Lipinski definition) is 0. The molecule has 0 aromatic carbocycles. The van der Waals surface area contributed by atoms with Crippen molar-refractivity contribution >= 4 is 24.8 Å². The molecule has 0 heterocycles. The average Bonchev–Trinajstić information content (AvgIpc) is 2.87. The third-order valence-corrected chi connectivity index (χ3v) is 7.82. The number of rotatable bonds is 4. The van der Waals surface area contributed by atoms with Gasteiger partial charge in [-0.15, -0.1) is 24.8 Å². The largest absolute Gasteiger partial charge is 0.147 e. The molecule has 0 radical (unpaired) electrons. The predicted molar refractivity (Wildman–Crippen MR) is 76.6 cm³/mol. The molecule has 2 rings (SSSR count). The van der Waals surface area contributed by atoms with Crippen molar-refractivity contribution in [2.75, 3.05) is 0 Å². The van der Waals surface area contributed by atoms with Crippen LogP contribution in [-0.4, -0.2) is 0 Å². The van der Waals surface area contributed by atoms with Gasteiger partial charge in [-0.3, -0.25) is 0 Å². The van der Waals surface area contributed by atoms with Gasteiger partial charge in [0.2, 0.25) is 0 Å². The van der Waals surface area contributed by atoms with E-state index in [1.165, 1.54) is 25.7 Å². The van der Waals surface area contributed by atoms with Gasteiger partial charge in [0.1, 0.15) is 0 Å². The molecule has 0 N–H and O–H groups in total. The van der Waals surface area contributed by atoms with Gasteiger partial charge in [-0.2, -0.15) is 0 Å². The molecule has 0 aromatic rings. The molecule has 17 heavy (non-hydrogen) atoms. The summed E-state index contributed by atoms with van der Waals surface area (Å²) in [6.07, 6.45) is 14.4. The third-order valence-electron chi connectivity index (χ3n) is 2.97. The van der Waals surface area contributed by atoms with Gasteiger partial charge in [-0.1, -0.05) is 0 Å². The number of halogens is 2. The molecule has 0 unspecified atom stereocenters. The van der Waals surface area contributed by atoms with Gasteiger partial charge in [0.25, 0.3) is 0 Å². The molecule has 0 aromatic heterocycles. The summed E-state index contributed by atoms with van der Waals surface area (Å²) in [6.45, 7) is 4.57. The van der Waals surface area contributed by atoms with Crippen molar-refractivity contribution in [1.82, 2.24) is 0 Å². The average molecular weight is 443 g/mol. The number of allylic oxidation sites excluding steroid dienone is 8. The van der Waals surface area contributed by atoms with Crippen molar-refractivity contribution in [2.45, 2.75) is 39.5 Å². The van der Waals surface area contributed by atoms with Crippen LogP contribution in [0.15, 0.2) is 43.4 Å². The first kappa shape index (κ1) is 17.2. The van der Waals surface area contributed by atoms with Gasteiger partial charge < -0.3 is 0 Å². The molecule has 0 saturated carbocycles. The zero-order valence-electron chi connectivity index (χ0n) is 10.4. The Balaban J connectivity index is 0.00000128. The Kier molecular flexibility index (Phi) is 8.46. The second-order valence-corrected chi connectivity index (χ2v) is 8.19. The predicted octanol–water partition coefficient (Wildman–Crippen LogP) is 5.16. The minimum atomic E-state index is -0.385. The molecule has 0 aliphatic heterocycles. The van der Waals surface area contributed by atoms with E-state index in [2.05, 4.69) is 38.2 Å². The maximum Gasteiger partial charge on any atom is -0.147 e. The molecule has 0 fully saturated rings. The third kappa shape index (κ3) is 4.12. The minimum Gasteiger partial charge on any atom is -0.147 e. The molecule has 0 saturated heterocycles. The van der Waals surface area contributed by atoms with Gasteiger partial charge in [-0.05, 0) is 0 Å². The fraction of sp³-hybridized carbons (Fsp3) is 0.429. The molecular weight excluding hydrogens is 423 g/mol. The van der Waals surface area contributed by atoms with Crippen molar-refractivity contribution in [3.8, 4) is 0 Å². The summed E-state index contributed by atoms with van der Waals surface area (Å²) in [4.78, 5) is 0. The van der Waals surface area contributed by atoms with Gasteiger partial charge in [-0.25, -0.2) is 0 Å². The van der Waals surface area contributed by atoms with E-state index in [1.54, 1.807) is 11.1 Å². The van der Waals surface area contributed by atoms with Crippen LogP contribution in [-0.2, 0) is 18.6 Å². The van der Waals surface area contributed by atoms with Crippen LogP contribution in [0.5, 0.6) is 0 Å². The summed E-state index contributed by atoms with van der Waals surface area (Å²) in [7, 11) is 0. The molecule has 2 aliphatic carbocycles. The summed E-state index contributed by atoms with van der Waals surface area (Å²) in [6, 6.07) is 0. The molecule has 0 nitrogen and oxygen atoms in total. The second-order valence-electron chi connectivity index (χ2n) is 3.92. The van der Waals surface area contributed by atoms with E-state index in [0.717, 1.165) is 0 Å². The summed E-state index contributed by atoms with van der Waals surface area (Å²) in [5.41, 5.74) is 3.30. The van der Waals surface area contributed by atoms with Crippen LogP contribution in [0.2, 0.25) is 0 Å². The van der Waals surface area contributed by atoms with Gasteiger partial charge in [0.05, 0.1) is 0 Å². The Morgan fingerprint density at radius 2 is 1.29 bits per heavy atom. The van der Waals surface area contributed by atoms with Crippen LogP contribution in [0.3, 0.4) is 0 Å². The Labute approximate surface area is 126 Å². The number of hydrogen-bond donors (Lipinski definition) is 0. The molecule has 3 heteroatoms. The van der Waals surface area contributed by atoms with Gasteiger partial charge in [0, 0.05) is 0 Å². The summed E-state index contributed by atoms with van der Waals surface area (Å²) >= 11 is -0.385. The van der Waals surface area contributed by atoms with Crippen LogP contribution in [0.1, 0.15) is 39.5 Å². The molecule has 0 spiro atoms. The first-order valence-electron chi connectivity index (χ1n) is 5.80. The van der Waals surface area contributed by atoms with E-state index in [9.17, 15) is 0 Å². The van der Waals surface area contributed by atoms with Crippen LogP contribution in [0.4, 0.5) is 0 Å². The molecular formula is C14H20Cl2W. The summed E-state index contributed by atoms with van der Waals surface area (Å²) in [5, 5.41) is 0. The molecule has 96 valence electrons. The van der Waals surface area contributed by atoms with Gasteiger partial charge >= 0.3 is 101 Å². The van der Waals surface area contributed by atoms with E-state index in [4.69, 9.17) is 0 Å². The summed E-state index contributed by atoms with van der Waals surface area (Å²) in [5.74, 6) is 0. The zero-order valence-corrected chi connectivity index (χ0v) is 14.9. The quantitative estimate of drug-likeness (QED) is 0.564. The Bertz CT molecular complexity index is 340. The Morgan fingerprint density at radius 3 is 1.65 bits per heavy atom. The van der Waals surface area contributed by atoms with Crippen molar-refractivity contribution in [2.24, 2.45) is 0 Å². The van der Waals surface area contributed by atoms with Crippen LogP contribution in [0, 0.1) is 0 Å². The van der Waals surface area contributed by atoms with Crippen LogP contribution >= 0.6 is 24.8 Å². The Morgan fingerprint density at radius 1 is 0.882 bits per heavy atom. The monoisotopic (exact) mass is 442 g/mol. The van der Waals surface area contributed by atoms with E-state index in [0.29, 0.717) is 0 Å².